The molecule has 1 heterocycles. The van der Waals surface area contributed by atoms with E-state index in [0.717, 1.165) is 25.7 Å². The molecule has 0 radical (unpaired) electrons. The lowest BCUT2D eigenvalue weighted by Gasteiger charge is -2.34. The van der Waals surface area contributed by atoms with E-state index in [1.54, 1.807) is 24.3 Å². The molecule has 0 bridgehead atoms. The van der Waals surface area contributed by atoms with Gasteiger partial charge in [0.2, 0.25) is 0 Å². The molecule has 1 atom stereocenters. The lowest BCUT2D eigenvalue weighted by molar-refractivity contribution is -0.146. The van der Waals surface area contributed by atoms with E-state index in [2.05, 4.69) is 10.6 Å². The minimum atomic E-state index is -1.20. The monoisotopic (exact) mass is 360 g/mol. The van der Waals surface area contributed by atoms with Crippen molar-refractivity contribution in [3.05, 3.63) is 29.8 Å². The first kappa shape index (κ1) is 18.4. The van der Waals surface area contributed by atoms with Crippen LogP contribution in [0, 0.1) is 0 Å². The van der Waals surface area contributed by atoms with Crippen LogP contribution in [0.15, 0.2) is 24.3 Å². The van der Waals surface area contributed by atoms with Gasteiger partial charge in [-0.1, -0.05) is 25.3 Å². The van der Waals surface area contributed by atoms with E-state index in [4.69, 9.17) is 4.74 Å². The Labute approximate surface area is 152 Å². The van der Waals surface area contributed by atoms with Crippen LogP contribution in [0.1, 0.15) is 55.3 Å². The van der Waals surface area contributed by atoms with Gasteiger partial charge in [0.1, 0.15) is 11.6 Å². The van der Waals surface area contributed by atoms with Gasteiger partial charge >= 0.3 is 5.97 Å². The summed E-state index contributed by atoms with van der Waals surface area (Å²) in [4.78, 5) is 36.5. The zero-order valence-corrected chi connectivity index (χ0v) is 14.6. The molecule has 0 aromatic heterocycles. The number of carbonyl (C=O) groups excluding carboxylic acids is 2. The summed E-state index contributed by atoms with van der Waals surface area (Å²) in [6, 6.07) is 6.52. The highest BCUT2D eigenvalue weighted by molar-refractivity contribution is 6.00. The normalized spacial score (nSPS) is 21.8. The largest absolute Gasteiger partial charge is 0.480 e. The van der Waals surface area contributed by atoms with Crippen molar-refractivity contribution in [2.75, 3.05) is 11.9 Å². The number of amides is 2. The number of aliphatic carboxylic acids is 1. The van der Waals surface area contributed by atoms with Gasteiger partial charge in [-0.3, -0.25) is 9.59 Å². The van der Waals surface area contributed by atoms with Crippen LogP contribution in [-0.2, 0) is 14.3 Å². The fraction of sp³-hybridized carbons (Fsp3) is 0.526. The van der Waals surface area contributed by atoms with Crippen LogP contribution >= 0.6 is 0 Å². The smallest absolute Gasteiger partial charge is 0.329 e. The summed E-state index contributed by atoms with van der Waals surface area (Å²) in [6.45, 7) is 0.581. The number of carboxylic acid groups (broad SMARTS) is 1. The molecule has 7 heteroatoms. The molecule has 7 nitrogen and oxygen atoms in total. The standard InChI is InChI=1S/C19H24N2O5/c22-16(21-19(18(24)25)9-2-1-3-10-19)13-6-4-7-14(12-13)20-17(23)15-8-5-11-26-15/h4,6-7,12,15H,1-3,5,8-11H2,(H,20,23)(H,21,22)(H,24,25)/t15-/m0/s1. The Morgan fingerprint density at radius 3 is 2.54 bits per heavy atom. The minimum absolute atomic E-state index is 0.227. The van der Waals surface area contributed by atoms with Crippen LogP contribution in [0.25, 0.3) is 0 Å². The number of anilines is 1. The molecule has 140 valence electrons. The van der Waals surface area contributed by atoms with E-state index < -0.39 is 23.5 Å². The van der Waals surface area contributed by atoms with Gasteiger partial charge in [-0.05, 0) is 43.9 Å². The summed E-state index contributed by atoms with van der Waals surface area (Å²) in [5.41, 5.74) is -0.390. The molecule has 1 aliphatic carbocycles. The predicted octanol–water partition coefficient (Wildman–Crippen LogP) is 2.32. The molecule has 3 rings (SSSR count). The zero-order valence-electron chi connectivity index (χ0n) is 14.6. The number of hydrogen-bond donors (Lipinski definition) is 3. The fourth-order valence-corrected chi connectivity index (χ4v) is 3.58. The second-order valence-electron chi connectivity index (χ2n) is 6.97. The number of nitrogens with one attached hydrogen (secondary N) is 2. The average Bonchev–Trinajstić information content (AvgIpc) is 3.17. The molecule has 2 amide bonds. The molecule has 1 aliphatic heterocycles. The highest BCUT2D eigenvalue weighted by atomic mass is 16.5. The van der Waals surface area contributed by atoms with Crippen LogP contribution in [-0.4, -0.2) is 41.1 Å². The molecular formula is C19H24N2O5. The number of carbonyl (C=O) groups is 3. The molecule has 1 saturated carbocycles. The van der Waals surface area contributed by atoms with Gasteiger partial charge < -0.3 is 20.5 Å². The summed E-state index contributed by atoms with van der Waals surface area (Å²) in [6.07, 6.45) is 4.51. The van der Waals surface area contributed by atoms with Gasteiger partial charge in [0.05, 0.1) is 0 Å². The van der Waals surface area contributed by atoms with Gasteiger partial charge in [0, 0.05) is 17.9 Å². The molecule has 0 unspecified atom stereocenters. The maximum atomic E-state index is 12.6. The number of benzene rings is 1. The third kappa shape index (κ3) is 4.04. The quantitative estimate of drug-likeness (QED) is 0.747. The molecule has 0 spiro atoms. The lowest BCUT2D eigenvalue weighted by Crippen LogP contribution is -2.55. The van der Waals surface area contributed by atoms with Crippen molar-refractivity contribution in [1.29, 1.82) is 0 Å². The van der Waals surface area contributed by atoms with Crippen LogP contribution in [0.2, 0.25) is 0 Å². The van der Waals surface area contributed by atoms with Crippen molar-refractivity contribution < 1.29 is 24.2 Å². The number of ether oxygens (including phenoxy) is 1. The van der Waals surface area contributed by atoms with Crippen molar-refractivity contribution in [3.8, 4) is 0 Å². The van der Waals surface area contributed by atoms with Gasteiger partial charge in [-0.25, -0.2) is 4.79 Å². The summed E-state index contributed by atoms with van der Waals surface area (Å²) >= 11 is 0. The zero-order chi connectivity index (χ0) is 18.6. The highest BCUT2D eigenvalue weighted by Crippen LogP contribution is 2.29. The molecule has 1 aromatic rings. The second kappa shape index (κ2) is 7.86. The molecule has 2 fully saturated rings. The van der Waals surface area contributed by atoms with Crippen LogP contribution < -0.4 is 10.6 Å². The van der Waals surface area contributed by atoms with Crippen molar-refractivity contribution >= 4 is 23.5 Å². The Balaban J connectivity index is 1.69. The van der Waals surface area contributed by atoms with Crippen molar-refractivity contribution in [1.82, 2.24) is 5.32 Å². The SMILES string of the molecule is O=C(NC1(C(=O)O)CCCCC1)c1cccc(NC(=O)[C@@H]2CCCO2)c1. The van der Waals surface area contributed by atoms with Gasteiger partial charge in [-0.2, -0.15) is 0 Å². The maximum Gasteiger partial charge on any atom is 0.329 e. The summed E-state index contributed by atoms with van der Waals surface area (Å²) in [5.74, 6) is -1.66. The topological polar surface area (TPSA) is 105 Å². The molecule has 26 heavy (non-hydrogen) atoms. The third-order valence-electron chi connectivity index (χ3n) is 5.08. The molecule has 2 aliphatic rings. The molecule has 1 saturated heterocycles. The summed E-state index contributed by atoms with van der Waals surface area (Å²) in [7, 11) is 0. The van der Waals surface area contributed by atoms with E-state index in [1.165, 1.54) is 0 Å². The number of hydrogen-bond acceptors (Lipinski definition) is 4. The Morgan fingerprint density at radius 2 is 1.88 bits per heavy atom. The van der Waals surface area contributed by atoms with E-state index in [1.807, 2.05) is 0 Å². The van der Waals surface area contributed by atoms with Crippen LogP contribution in [0.5, 0.6) is 0 Å². The molecular weight excluding hydrogens is 336 g/mol. The van der Waals surface area contributed by atoms with Crippen molar-refractivity contribution in [2.45, 2.75) is 56.6 Å². The van der Waals surface area contributed by atoms with Crippen LogP contribution in [0.4, 0.5) is 5.69 Å². The minimum Gasteiger partial charge on any atom is -0.480 e. The average molecular weight is 360 g/mol. The third-order valence-corrected chi connectivity index (χ3v) is 5.08. The van der Waals surface area contributed by atoms with Gasteiger partial charge in [0.25, 0.3) is 11.8 Å². The Morgan fingerprint density at radius 1 is 1.12 bits per heavy atom. The van der Waals surface area contributed by atoms with Gasteiger partial charge in [0.15, 0.2) is 0 Å². The Hall–Kier alpha value is -2.41. The lowest BCUT2D eigenvalue weighted by atomic mass is 9.81. The summed E-state index contributed by atoms with van der Waals surface area (Å²) in [5, 5.41) is 15.1. The van der Waals surface area contributed by atoms with Gasteiger partial charge in [-0.15, -0.1) is 0 Å². The Kier molecular flexibility index (Phi) is 5.56. The highest BCUT2D eigenvalue weighted by Gasteiger charge is 2.41. The van der Waals surface area contributed by atoms with E-state index in [-0.39, 0.29) is 5.91 Å². The predicted molar refractivity (Wildman–Crippen MR) is 95.0 cm³/mol. The first-order valence-corrected chi connectivity index (χ1v) is 9.09. The first-order valence-electron chi connectivity index (χ1n) is 9.09. The number of rotatable bonds is 5. The maximum absolute atomic E-state index is 12.6. The second-order valence-corrected chi connectivity index (χ2v) is 6.97. The van der Waals surface area contributed by atoms with E-state index in [0.29, 0.717) is 37.1 Å². The van der Waals surface area contributed by atoms with Crippen LogP contribution in [0.3, 0.4) is 0 Å². The molecule has 3 N–H and O–H groups in total. The van der Waals surface area contributed by atoms with E-state index >= 15 is 0 Å². The fourth-order valence-electron chi connectivity index (χ4n) is 3.58. The molecule has 1 aromatic carbocycles. The van der Waals surface area contributed by atoms with Crippen molar-refractivity contribution in [2.24, 2.45) is 0 Å². The Bertz CT molecular complexity index is 691. The van der Waals surface area contributed by atoms with Crippen molar-refractivity contribution in [3.63, 3.8) is 0 Å². The summed E-state index contributed by atoms with van der Waals surface area (Å²) < 4.78 is 5.35. The van der Waals surface area contributed by atoms with E-state index in [9.17, 15) is 19.5 Å². The number of carboxylic acids is 1. The first-order chi connectivity index (χ1) is 12.5.